The Balaban J connectivity index is 0. The Labute approximate surface area is 74.1 Å². The second-order valence-corrected chi connectivity index (χ2v) is 2.57. The highest BCUT2D eigenvalue weighted by atomic mass is 16.1. The SMILES string of the molecule is C=C(C(N)=O)C(C)C.C=CCN. The van der Waals surface area contributed by atoms with E-state index in [1.54, 1.807) is 6.08 Å². The van der Waals surface area contributed by atoms with Crippen LogP contribution < -0.4 is 11.5 Å². The Morgan fingerprint density at radius 2 is 1.92 bits per heavy atom. The highest BCUT2D eigenvalue weighted by Gasteiger charge is 2.03. The Bertz CT molecular complexity index is 162. The van der Waals surface area contributed by atoms with Gasteiger partial charge in [-0.2, -0.15) is 0 Å². The summed E-state index contributed by atoms with van der Waals surface area (Å²) in [5, 5.41) is 0. The van der Waals surface area contributed by atoms with Crippen LogP contribution in [-0.2, 0) is 4.79 Å². The van der Waals surface area contributed by atoms with E-state index in [-0.39, 0.29) is 5.92 Å². The molecule has 0 bridgehead atoms. The lowest BCUT2D eigenvalue weighted by Gasteiger charge is -2.01. The van der Waals surface area contributed by atoms with Crippen LogP contribution in [0.5, 0.6) is 0 Å². The van der Waals surface area contributed by atoms with Gasteiger partial charge in [-0.3, -0.25) is 4.79 Å². The van der Waals surface area contributed by atoms with E-state index in [1.165, 1.54) is 0 Å². The molecule has 0 aromatic carbocycles. The molecule has 0 fully saturated rings. The maximum atomic E-state index is 10.3. The summed E-state index contributed by atoms with van der Waals surface area (Å²) >= 11 is 0. The monoisotopic (exact) mass is 170 g/mol. The normalized spacial score (nSPS) is 8.33. The zero-order valence-electron chi connectivity index (χ0n) is 7.84. The molecule has 0 atom stereocenters. The molecule has 4 N–H and O–H groups in total. The molecule has 0 unspecified atom stereocenters. The Hall–Kier alpha value is -1.09. The molecular formula is C9H18N2O. The largest absolute Gasteiger partial charge is 0.366 e. The molecule has 0 aromatic heterocycles. The number of rotatable bonds is 3. The molecule has 0 aromatic rings. The molecule has 0 radical (unpaired) electrons. The fourth-order valence-electron chi connectivity index (χ4n) is 0.285. The highest BCUT2D eigenvalue weighted by Crippen LogP contribution is 2.03. The molecule has 0 saturated carbocycles. The standard InChI is InChI=1S/C6H11NO.C3H7N/c1-4(2)5(3)6(7)8;1-2-3-4/h4H,3H2,1-2H3,(H2,7,8);2H,1,3-4H2. The third-order valence-corrected chi connectivity index (χ3v) is 1.18. The quantitative estimate of drug-likeness (QED) is 0.486. The Morgan fingerprint density at radius 3 is 1.92 bits per heavy atom. The average molecular weight is 170 g/mol. The number of carbonyl (C=O) groups excluding carboxylic acids is 1. The number of amides is 1. The number of nitrogens with two attached hydrogens (primary N) is 2. The predicted octanol–water partition coefficient (Wildman–Crippen LogP) is 0.815. The molecule has 1 amide bonds. The maximum Gasteiger partial charge on any atom is 0.244 e. The van der Waals surface area contributed by atoms with E-state index in [1.807, 2.05) is 13.8 Å². The molecule has 70 valence electrons. The van der Waals surface area contributed by atoms with Crippen molar-refractivity contribution in [3.05, 3.63) is 24.8 Å². The summed E-state index contributed by atoms with van der Waals surface area (Å²) in [6.45, 7) is 11.2. The van der Waals surface area contributed by atoms with Crippen LogP contribution in [0.2, 0.25) is 0 Å². The van der Waals surface area contributed by atoms with Crippen molar-refractivity contribution < 1.29 is 4.79 Å². The molecule has 12 heavy (non-hydrogen) atoms. The number of hydrogen-bond donors (Lipinski definition) is 2. The van der Waals surface area contributed by atoms with Gasteiger partial charge in [-0.05, 0) is 5.92 Å². The summed E-state index contributed by atoms with van der Waals surface area (Å²) < 4.78 is 0. The lowest BCUT2D eigenvalue weighted by atomic mass is 10.1. The van der Waals surface area contributed by atoms with Gasteiger partial charge in [-0.25, -0.2) is 0 Å². The van der Waals surface area contributed by atoms with Crippen LogP contribution >= 0.6 is 0 Å². The first-order valence-electron chi connectivity index (χ1n) is 3.76. The second-order valence-electron chi connectivity index (χ2n) is 2.57. The third kappa shape index (κ3) is 8.91. The molecule has 0 aliphatic carbocycles. The fraction of sp³-hybridized carbons (Fsp3) is 0.444. The van der Waals surface area contributed by atoms with Crippen molar-refractivity contribution in [2.45, 2.75) is 13.8 Å². The van der Waals surface area contributed by atoms with Gasteiger partial charge in [0.15, 0.2) is 0 Å². The maximum absolute atomic E-state index is 10.3. The van der Waals surface area contributed by atoms with E-state index in [9.17, 15) is 4.79 Å². The molecule has 3 nitrogen and oxygen atoms in total. The lowest BCUT2D eigenvalue weighted by molar-refractivity contribution is -0.114. The van der Waals surface area contributed by atoms with Gasteiger partial charge in [0.05, 0.1) is 0 Å². The molecule has 3 heteroatoms. The topological polar surface area (TPSA) is 69.1 Å². The Morgan fingerprint density at radius 1 is 1.58 bits per heavy atom. The zero-order valence-corrected chi connectivity index (χ0v) is 7.84. The summed E-state index contributed by atoms with van der Waals surface area (Å²) in [7, 11) is 0. The van der Waals surface area contributed by atoms with Crippen LogP contribution in [0, 0.1) is 5.92 Å². The molecule has 0 aliphatic rings. The fourth-order valence-corrected chi connectivity index (χ4v) is 0.285. The van der Waals surface area contributed by atoms with Crippen molar-refractivity contribution in [1.29, 1.82) is 0 Å². The predicted molar refractivity (Wildman–Crippen MR) is 52.4 cm³/mol. The summed E-state index contributed by atoms with van der Waals surface area (Å²) in [5.41, 5.74) is 10.3. The van der Waals surface area contributed by atoms with Gasteiger partial charge >= 0.3 is 0 Å². The van der Waals surface area contributed by atoms with Crippen molar-refractivity contribution >= 4 is 5.91 Å². The van der Waals surface area contributed by atoms with E-state index in [0.717, 1.165) is 0 Å². The number of hydrogen-bond acceptors (Lipinski definition) is 2. The second kappa shape index (κ2) is 8.01. The molecule has 0 spiro atoms. The molecular weight excluding hydrogens is 152 g/mol. The van der Waals surface area contributed by atoms with Crippen molar-refractivity contribution in [2.24, 2.45) is 17.4 Å². The third-order valence-electron chi connectivity index (χ3n) is 1.18. The lowest BCUT2D eigenvalue weighted by Crippen LogP contribution is -2.16. The number of carbonyl (C=O) groups is 1. The Kier molecular flexibility index (Phi) is 9.01. The number of primary amides is 1. The first-order chi connectivity index (χ1) is 5.47. The first-order valence-corrected chi connectivity index (χ1v) is 3.76. The average Bonchev–Trinajstić information content (AvgIpc) is 2.03. The van der Waals surface area contributed by atoms with Crippen molar-refractivity contribution in [3.63, 3.8) is 0 Å². The van der Waals surface area contributed by atoms with Crippen LogP contribution in [0.25, 0.3) is 0 Å². The van der Waals surface area contributed by atoms with Gasteiger partial charge in [0.2, 0.25) is 5.91 Å². The summed E-state index contributed by atoms with van der Waals surface area (Å²) in [5.74, 6) is -0.229. The molecule has 0 heterocycles. The molecule has 0 saturated heterocycles. The van der Waals surface area contributed by atoms with Gasteiger partial charge < -0.3 is 11.5 Å². The first kappa shape index (κ1) is 13.5. The van der Waals surface area contributed by atoms with Gasteiger partial charge in [-0.15, -0.1) is 6.58 Å². The van der Waals surface area contributed by atoms with E-state index in [4.69, 9.17) is 11.5 Å². The van der Waals surface area contributed by atoms with Gasteiger partial charge in [0.1, 0.15) is 0 Å². The van der Waals surface area contributed by atoms with E-state index >= 15 is 0 Å². The molecule has 0 rings (SSSR count). The van der Waals surface area contributed by atoms with E-state index in [0.29, 0.717) is 12.1 Å². The van der Waals surface area contributed by atoms with Crippen LogP contribution in [0.3, 0.4) is 0 Å². The molecule has 0 aliphatic heterocycles. The van der Waals surface area contributed by atoms with Gasteiger partial charge in [0, 0.05) is 12.1 Å². The minimum absolute atomic E-state index is 0.174. The minimum atomic E-state index is -0.403. The van der Waals surface area contributed by atoms with Crippen molar-refractivity contribution in [2.75, 3.05) is 6.54 Å². The van der Waals surface area contributed by atoms with Crippen molar-refractivity contribution in [1.82, 2.24) is 0 Å². The van der Waals surface area contributed by atoms with Gasteiger partial charge in [-0.1, -0.05) is 26.5 Å². The van der Waals surface area contributed by atoms with Crippen molar-refractivity contribution in [3.8, 4) is 0 Å². The van der Waals surface area contributed by atoms with E-state index in [2.05, 4.69) is 13.2 Å². The van der Waals surface area contributed by atoms with Gasteiger partial charge in [0.25, 0.3) is 0 Å². The van der Waals surface area contributed by atoms with Crippen LogP contribution in [-0.4, -0.2) is 12.5 Å². The summed E-state index contributed by atoms with van der Waals surface area (Å²) in [6, 6.07) is 0. The summed E-state index contributed by atoms with van der Waals surface area (Å²) in [4.78, 5) is 10.3. The van der Waals surface area contributed by atoms with Crippen LogP contribution in [0.1, 0.15) is 13.8 Å². The smallest absolute Gasteiger partial charge is 0.244 e. The minimum Gasteiger partial charge on any atom is -0.366 e. The van der Waals surface area contributed by atoms with Crippen LogP contribution in [0.4, 0.5) is 0 Å². The van der Waals surface area contributed by atoms with Crippen LogP contribution in [0.15, 0.2) is 24.8 Å². The summed E-state index contributed by atoms with van der Waals surface area (Å²) in [6.07, 6.45) is 1.65. The highest BCUT2D eigenvalue weighted by molar-refractivity contribution is 5.91. The van der Waals surface area contributed by atoms with E-state index < -0.39 is 5.91 Å². The zero-order chi connectivity index (χ0) is 10.1.